The molecule has 134 valence electrons. The number of H-pyrrole nitrogens is 1. The van der Waals surface area contributed by atoms with E-state index in [0.29, 0.717) is 11.3 Å². The molecular weight excluding hydrogens is 380 g/mol. The van der Waals surface area contributed by atoms with E-state index in [1.807, 2.05) is 32.9 Å². The lowest BCUT2D eigenvalue weighted by molar-refractivity contribution is -0.712. The van der Waals surface area contributed by atoms with Crippen molar-refractivity contribution in [3.8, 4) is 0 Å². The molecule has 0 radical (unpaired) electrons. The first-order valence-corrected chi connectivity index (χ1v) is 9.40. The minimum absolute atomic E-state index is 0.0109. The second-order valence-electron chi connectivity index (χ2n) is 6.59. The Kier molecular flexibility index (Phi) is 6.36. The molecule has 0 amide bonds. The maximum Gasteiger partial charge on any atom is 0.235 e. The molecule has 5 heteroatoms. The van der Waals surface area contributed by atoms with Gasteiger partial charge in [-0.2, -0.15) is 0 Å². The molecule has 2 rings (SSSR count). The Labute approximate surface area is 157 Å². The molecule has 1 aromatic carbocycles. The molecule has 0 saturated heterocycles. The van der Waals surface area contributed by atoms with E-state index in [-0.39, 0.29) is 23.7 Å². The third kappa shape index (κ3) is 4.28. The Hall–Kier alpha value is -1.72. The Bertz CT molecular complexity index is 778. The Morgan fingerprint density at radius 3 is 2.28 bits per heavy atom. The molecule has 0 fully saturated rings. The van der Waals surface area contributed by atoms with Gasteiger partial charge in [0.25, 0.3) is 0 Å². The Morgan fingerprint density at radius 1 is 1.20 bits per heavy atom. The molecule has 0 aliphatic rings. The number of aromatic nitrogens is 1. The van der Waals surface area contributed by atoms with Crippen LogP contribution in [0.25, 0.3) is 0 Å². The number of nitrogens with two attached hydrogens (primary N) is 1. The van der Waals surface area contributed by atoms with Crippen LogP contribution in [0.2, 0.25) is 0 Å². The highest BCUT2D eigenvalue weighted by Gasteiger charge is 2.27. The Balaban J connectivity index is 2.21. The van der Waals surface area contributed by atoms with Gasteiger partial charge in [0, 0.05) is 27.7 Å². The molecule has 25 heavy (non-hydrogen) atoms. The summed E-state index contributed by atoms with van der Waals surface area (Å²) >= 11 is 3.45. The van der Waals surface area contributed by atoms with E-state index in [2.05, 4.69) is 45.3 Å². The topological polar surface area (TPSA) is 66.5 Å². The van der Waals surface area contributed by atoms with Crippen LogP contribution in [0.15, 0.2) is 28.7 Å². The highest BCUT2D eigenvalue weighted by molar-refractivity contribution is 9.10. The van der Waals surface area contributed by atoms with Crippen molar-refractivity contribution in [2.75, 3.05) is 0 Å². The number of nitrogens with one attached hydrogen (secondary N) is 1. The zero-order chi connectivity index (χ0) is 18.7. The van der Waals surface area contributed by atoms with Gasteiger partial charge < -0.3 is 10.3 Å². The van der Waals surface area contributed by atoms with Crippen LogP contribution in [-0.4, -0.2) is 22.6 Å². The monoisotopic (exact) mass is 405 g/mol. The van der Waals surface area contributed by atoms with Gasteiger partial charge in [-0.25, -0.2) is 0 Å². The number of Topliss-reactive ketones (excluding diaryl/α,β-unsaturated/α-hetero) is 2. The number of rotatable bonds is 7. The fraction of sp³-hybridized carbons (Fsp3) is 0.400. The molecule has 3 N–H and O–H groups in total. The standard InChI is InChI=1S/C20H25BrN2O2/c1-6-17(15-7-9-16(21)10-8-15)22-13(4)20(25)19-11(2)18(14(5)24)12(3)23-19/h7-10,13,17,22-23H,6H2,1-5H3/p+1/t13-,17+/m0/s1. The van der Waals surface area contributed by atoms with E-state index in [0.717, 1.165) is 22.2 Å². The molecule has 4 nitrogen and oxygen atoms in total. The smallest absolute Gasteiger partial charge is 0.235 e. The van der Waals surface area contributed by atoms with Crippen molar-refractivity contribution < 1.29 is 14.9 Å². The van der Waals surface area contributed by atoms with Gasteiger partial charge >= 0.3 is 0 Å². The minimum atomic E-state index is -0.231. The van der Waals surface area contributed by atoms with Crippen LogP contribution in [0.5, 0.6) is 0 Å². The van der Waals surface area contributed by atoms with Crippen molar-refractivity contribution >= 4 is 27.5 Å². The van der Waals surface area contributed by atoms with E-state index in [9.17, 15) is 9.59 Å². The van der Waals surface area contributed by atoms with Gasteiger partial charge in [0.15, 0.2) is 5.78 Å². The zero-order valence-electron chi connectivity index (χ0n) is 15.4. The van der Waals surface area contributed by atoms with Gasteiger partial charge in [-0.05, 0) is 45.4 Å². The SMILES string of the molecule is CC[C@@H]([NH2+][C@@H](C)C(=O)c1[nH]c(C)c(C(C)=O)c1C)c1ccc(Br)cc1. The number of benzene rings is 1. The van der Waals surface area contributed by atoms with Crippen molar-refractivity contribution in [2.45, 2.75) is 53.1 Å². The first kappa shape index (κ1) is 19.6. The lowest BCUT2D eigenvalue weighted by Crippen LogP contribution is -2.91. The van der Waals surface area contributed by atoms with E-state index < -0.39 is 0 Å². The van der Waals surface area contributed by atoms with Crippen LogP contribution >= 0.6 is 15.9 Å². The number of halogens is 1. The average Bonchev–Trinajstić information content (AvgIpc) is 2.87. The van der Waals surface area contributed by atoms with Crippen molar-refractivity contribution in [3.63, 3.8) is 0 Å². The number of carbonyl (C=O) groups excluding carboxylic acids is 2. The van der Waals surface area contributed by atoms with E-state index in [4.69, 9.17) is 0 Å². The fourth-order valence-electron chi connectivity index (χ4n) is 3.38. The van der Waals surface area contributed by atoms with Gasteiger partial charge in [0.05, 0.1) is 5.69 Å². The molecule has 1 aromatic heterocycles. The molecule has 2 atom stereocenters. The number of aromatic amines is 1. The van der Waals surface area contributed by atoms with Gasteiger partial charge in [0.2, 0.25) is 5.78 Å². The van der Waals surface area contributed by atoms with Gasteiger partial charge in [0.1, 0.15) is 12.1 Å². The van der Waals surface area contributed by atoms with E-state index in [1.165, 1.54) is 12.5 Å². The molecule has 0 bridgehead atoms. The number of hydrogen-bond acceptors (Lipinski definition) is 2. The second-order valence-corrected chi connectivity index (χ2v) is 7.51. The van der Waals surface area contributed by atoms with Gasteiger partial charge in [-0.3, -0.25) is 9.59 Å². The van der Waals surface area contributed by atoms with Crippen LogP contribution in [0, 0.1) is 13.8 Å². The quantitative estimate of drug-likeness (QED) is 0.686. The summed E-state index contributed by atoms with van der Waals surface area (Å²) in [4.78, 5) is 27.8. The number of hydrogen-bond donors (Lipinski definition) is 2. The predicted molar refractivity (Wildman–Crippen MR) is 103 cm³/mol. The minimum Gasteiger partial charge on any atom is -0.355 e. The number of ketones is 2. The predicted octanol–water partition coefficient (Wildman–Crippen LogP) is 3.88. The maximum atomic E-state index is 12.9. The number of carbonyl (C=O) groups is 2. The summed E-state index contributed by atoms with van der Waals surface area (Å²) < 4.78 is 1.05. The van der Waals surface area contributed by atoms with Gasteiger partial charge in [-0.15, -0.1) is 0 Å². The van der Waals surface area contributed by atoms with Crippen LogP contribution in [-0.2, 0) is 0 Å². The summed E-state index contributed by atoms with van der Waals surface area (Å²) in [5, 5.41) is 2.11. The summed E-state index contributed by atoms with van der Waals surface area (Å²) in [6.07, 6.45) is 0.931. The van der Waals surface area contributed by atoms with Crippen molar-refractivity contribution in [2.24, 2.45) is 0 Å². The molecule has 0 unspecified atom stereocenters. The van der Waals surface area contributed by atoms with Crippen molar-refractivity contribution in [1.82, 2.24) is 4.98 Å². The van der Waals surface area contributed by atoms with Gasteiger partial charge in [-0.1, -0.05) is 35.0 Å². The third-order valence-corrected chi connectivity index (χ3v) is 5.24. The zero-order valence-corrected chi connectivity index (χ0v) is 17.0. The lowest BCUT2D eigenvalue weighted by Gasteiger charge is -2.18. The maximum absolute atomic E-state index is 12.9. The first-order chi connectivity index (χ1) is 11.8. The molecule has 0 spiro atoms. The molecule has 0 saturated carbocycles. The van der Waals surface area contributed by atoms with Crippen molar-refractivity contribution in [1.29, 1.82) is 0 Å². The first-order valence-electron chi connectivity index (χ1n) is 8.61. The molecular formula is C20H26BrN2O2+. The largest absolute Gasteiger partial charge is 0.355 e. The molecule has 0 aliphatic carbocycles. The van der Waals surface area contributed by atoms with Crippen LogP contribution in [0.3, 0.4) is 0 Å². The summed E-state index contributed by atoms with van der Waals surface area (Å²) in [7, 11) is 0. The normalized spacial score (nSPS) is 13.5. The summed E-state index contributed by atoms with van der Waals surface area (Å²) in [6, 6.07) is 8.21. The number of quaternary nitrogens is 1. The van der Waals surface area contributed by atoms with Crippen LogP contribution in [0.1, 0.15) is 70.9 Å². The molecule has 2 aromatic rings. The van der Waals surface area contributed by atoms with Crippen LogP contribution < -0.4 is 5.32 Å². The van der Waals surface area contributed by atoms with Crippen molar-refractivity contribution in [3.05, 3.63) is 56.8 Å². The molecule has 0 aliphatic heterocycles. The summed E-state index contributed by atoms with van der Waals surface area (Å²) in [5.41, 5.74) is 3.91. The number of aryl methyl sites for hydroxylation is 1. The average molecular weight is 406 g/mol. The summed E-state index contributed by atoms with van der Waals surface area (Å²) in [5.74, 6) is 0.0203. The van der Waals surface area contributed by atoms with E-state index >= 15 is 0 Å². The van der Waals surface area contributed by atoms with Crippen LogP contribution in [0.4, 0.5) is 0 Å². The highest BCUT2D eigenvalue weighted by Crippen LogP contribution is 2.20. The lowest BCUT2D eigenvalue weighted by atomic mass is 10.00. The van der Waals surface area contributed by atoms with E-state index in [1.54, 1.807) is 0 Å². The highest BCUT2D eigenvalue weighted by atomic mass is 79.9. The molecule has 1 heterocycles. The Morgan fingerprint density at radius 2 is 1.80 bits per heavy atom. The fourth-order valence-corrected chi connectivity index (χ4v) is 3.65. The summed E-state index contributed by atoms with van der Waals surface area (Å²) in [6.45, 7) is 9.26. The second kappa shape index (κ2) is 8.11. The third-order valence-electron chi connectivity index (χ3n) is 4.71.